The van der Waals surface area contributed by atoms with Gasteiger partial charge in [-0.3, -0.25) is 9.78 Å². The molecule has 7 nitrogen and oxygen atoms in total. The Morgan fingerprint density at radius 3 is 2.38 bits per heavy atom. The zero-order valence-electron chi connectivity index (χ0n) is 12.3. The summed E-state index contributed by atoms with van der Waals surface area (Å²) in [4.78, 5) is 16.5. The van der Waals surface area contributed by atoms with Gasteiger partial charge in [-0.1, -0.05) is 0 Å². The second-order valence-corrected chi connectivity index (χ2v) is 7.04. The number of pyridine rings is 1. The van der Waals surface area contributed by atoms with E-state index in [2.05, 4.69) is 4.98 Å². The van der Waals surface area contributed by atoms with E-state index in [1.807, 2.05) is 19.0 Å². The monoisotopic (exact) mass is 315 g/mol. The van der Waals surface area contributed by atoms with Gasteiger partial charge in [0.05, 0.1) is 5.75 Å². The van der Waals surface area contributed by atoms with Crippen LogP contribution in [-0.2, 0) is 21.2 Å². The predicted molar refractivity (Wildman–Crippen MR) is 79.5 cm³/mol. The number of hydrogen-bond donors (Lipinski definition) is 1. The highest BCUT2D eigenvalue weighted by Gasteiger charge is 2.24. The van der Waals surface area contributed by atoms with Crippen molar-refractivity contribution in [2.75, 3.05) is 39.5 Å². The Morgan fingerprint density at radius 1 is 1.24 bits per heavy atom. The SMILES string of the molecule is CN(C)CCN(CC(=O)O)S(=O)(=O)CCc1ccncc1. The first-order chi connectivity index (χ1) is 9.81. The lowest BCUT2D eigenvalue weighted by atomic mass is 10.2. The maximum atomic E-state index is 12.3. The van der Waals surface area contributed by atoms with Gasteiger partial charge in [0, 0.05) is 25.5 Å². The Bertz CT molecular complexity index is 546. The van der Waals surface area contributed by atoms with Gasteiger partial charge in [0.2, 0.25) is 10.0 Å². The highest BCUT2D eigenvalue weighted by atomic mass is 32.2. The number of likely N-dealkylation sites (N-methyl/N-ethyl adjacent to an activating group) is 1. The lowest BCUT2D eigenvalue weighted by Crippen LogP contribution is -2.41. The fraction of sp³-hybridized carbons (Fsp3) is 0.538. The zero-order chi connectivity index (χ0) is 15.9. The molecule has 118 valence electrons. The molecule has 1 N–H and O–H groups in total. The molecule has 0 bridgehead atoms. The van der Waals surface area contributed by atoms with E-state index in [1.165, 1.54) is 0 Å². The summed E-state index contributed by atoms with van der Waals surface area (Å²) in [5.41, 5.74) is 0.858. The van der Waals surface area contributed by atoms with E-state index < -0.39 is 22.5 Å². The summed E-state index contributed by atoms with van der Waals surface area (Å²) < 4.78 is 25.6. The van der Waals surface area contributed by atoms with Crippen LogP contribution in [0.5, 0.6) is 0 Å². The van der Waals surface area contributed by atoms with E-state index in [4.69, 9.17) is 5.11 Å². The Kier molecular flexibility index (Phi) is 6.73. The lowest BCUT2D eigenvalue weighted by Gasteiger charge is -2.22. The molecule has 0 unspecified atom stereocenters. The van der Waals surface area contributed by atoms with E-state index in [-0.39, 0.29) is 12.3 Å². The number of hydrogen-bond acceptors (Lipinski definition) is 5. The molecule has 0 aliphatic heterocycles. The summed E-state index contributed by atoms with van der Waals surface area (Å²) >= 11 is 0. The van der Waals surface area contributed by atoms with E-state index >= 15 is 0 Å². The number of rotatable bonds is 9. The molecule has 0 atom stereocenters. The van der Waals surface area contributed by atoms with Crippen LogP contribution in [0.25, 0.3) is 0 Å². The van der Waals surface area contributed by atoms with Crippen molar-refractivity contribution in [1.82, 2.24) is 14.2 Å². The van der Waals surface area contributed by atoms with E-state index in [9.17, 15) is 13.2 Å². The molecule has 1 aromatic heterocycles. The van der Waals surface area contributed by atoms with E-state index in [1.54, 1.807) is 24.5 Å². The molecule has 0 saturated carbocycles. The van der Waals surface area contributed by atoms with Crippen LogP contribution in [0, 0.1) is 0 Å². The van der Waals surface area contributed by atoms with Gasteiger partial charge >= 0.3 is 5.97 Å². The van der Waals surface area contributed by atoms with Crippen molar-refractivity contribution >= 4 is 16.0 Å². The third kappa shape index (κ3) is 6.65. The second-order valence-electron chi connectivity index (χ2n) is 4.95. The summed E-state index contributed by atoms with van der Waals surface area (Å²) in [6.45, 7) is 0.131. The molecule has 8 heteroatoms. The van der Waals surface area contributed by atoms with Crippen molar-refractivity contribution in [2.24, 2.45) is 0 Å². The summed E-state index contributed by atoms with van der Waals surface area (Å²) in [6.07, 6.45) is 3.54. The Labute approximate surface area is 125 Å². The number of aliphatic carboxylic acids is 1. The average molecular weight is 315 g/mol. The number of aromatic nitrogens is 1. The number of nitrogens with zero attached hydrogens (tertiary/aromatic N) is 3. The van der Waals surface area contributed by atoms with Crippen molar-refractivity contribution in [1.29, 1.82) is 0 Å². The van der Waals surface area contributed by atoms with Crippen molar-refractivity contribution in [2.45, 2.75) is 6.42 Å². The van der Waals surface area contributed by atoms with Crippen LogP contribution < -0.4 is 0 Å². The van der Waals surface area contributed by atoms with Crippen LogP contribution in [0.2, 0.25) is 0 Å². The molecule has 1 aromatic rings. The first kappa shape index (κ1) is 17.5. The molecular formula is C13H21N3O4S. The number of carboxylic acid groups (broad SMARTS) is 1. The van der Waals surface area contributed by atoms with Gasteiger partial charge in [0.25, 0.3) is 0 Å². The minimum absolute atomic E-state index is 0.113. The molecule has 0 radical (unpaired) electrons. The number of sulfonamides is 1. The third-order valence-corrected chi connectivity index (χ3v) is 4.72. The smallest absolute Gasteiger partial charge is 0.318 e. The molecule has 1 heterocycles. The van der Waals surface area contributed by atoms with Crippen LogP contribution in [0.4, 0.5) is 0 Å². The van der Waals surface area contributed by atoms with Crippen molar-refractivity contribution in [3.63, 3.8) is 0 Å². The molecule has 0 saturated heterocycles. The third-order valence-electron chi connectivity index (χ3n) is 2.90. The Balaban J connectivity index is 2.71. The van der Waals surface area contributed by atoms with Crippen LogP contribution in [0.15, 0.2) is 24.5 Å². The first-order valence-electron chi connectivity index (χ1n) is 6.54. The normalized spacial score (nSPS) is 12.0. The van der Waals surface area contributed by atoms with E-state index in [0.717, 1.165) is 9.87 Å². The fourth-order valence-electron chi connectivity index (χ4n) is 1.70. The summed E-state index contributed by atoms with van der Waals surface area (Å²) in [5, 5.41) is 8.87. The van der Waals surface area contributed by atoms with Crippen molar-refractivity contribution in [3.8, 4) is 0 Å². The molecule has 0 fully saturated rings. The zero-order valence-corrected chi connectivity index (χ0v) is 13.1. The standard InChI is InChI=1S/C13H21N3O4S/c1-15(2)8-9-16(11-13(17)18)21(19,20)10-5-12-3-6-14-7-4-12/h3-4,6-7H,5,8-11H2,1-2H3,(H,17,18). The number of carbonyl (C=O) groups is 1. The fourth-order valence-corrected chi connectivity index (χ4v) is 3.12. The molecule has 0 amide bonds. The largest absolute Gasteiger partial charge is 0.480 e. The molecule has 0 aliphatic rings. The minimum Gasteiger partial charge on any atom is -0.480 e. The number of aryl methyl sites for hydroxylation is 1. The summed E-state index contributed by atoms with van der Waals surface area (Å²) in [5.74, 6) is -1.26. The van der Waals surface area contributed by atoms with Crippen LogP contribution in [-0.4, -0.2) is 73.2 Å². The maximum Gasteiger partial charge on any atom is 0.318 e. The van der Waals surface area contributed by atoms with Crippen LogP contribution >= 0.6 is 0 Å². The lowest BCUT2D eigenvalue weighted by molar-refractivity contribution is -0.137. The summed E-state index contributed by atoms with van der Waals surface area (Å²) in [7, 11) is 0.0103. The molecule has 1 rings (SSSR count). The topological polar surface area (TPSA) is 90.8 Å². The van der Waals surface area contributed by atoms with Gasteiger partial charge in [-0.05, 0) is 38.2 Å². The van der Waals surface area contributed by atoms with Gasteiger partial charge in [0.15, 0.2) is 0 Å². The Hall–Kier alpha value is -1.51. The average Bonchev–Trinajstić information content (AvgIpc) is 2.42. The van der Waals surface area contributed by atoms with Gasteiger partial charge in [-0.2, -0.15) is 4.31 Å². The molecule has 0 spiro atoms. The van der Waals surface area contributed by atoms with Crippen LogP contribution in [0.3, 0.4) is 0 Å². The summed E-state index contributed by atoms with van der Waals surface area (Å²) in [6, 6.07) is 3.49. The highest BCUT2D eigenvalue weighted by molar-refractivity contribution is 7.89. The van der Waals surface area contributed by atoms with E-state index in [0.29, 0.717) is 13.0 Å². The second kappa shape index (κ2) is 8.06. The molecule has 21 heavy (non-hydrogen) atoms. The number of carboxylic acids is 1. The van der Waals surface area contributed by atoms with Gasteiger partial charge in [-0.25, -0.2) is 8.42 Å². The first-order valence-corrected chi connectivity index (χ1v) is 8.15. The van der Waals surface area contributed by atoms with Gasteiger partial charge < -0.3 is 10.0 Å². The Morgan fingerprint density at radius 2 is 1.86 bits per heavy atom. The van der Waals surface area contributed by atoms with Crippen molar-refractivity contribution in [3.05, 3.63) is 30.1 Å². The quantitative estimate of drug-likeness (QED) is 0.684. The predicted octanol–water partition coefficient (Wildman–Crippen LogP) is -0.0979. The van der Waals surface area contributed by atoms with Gasteiger partial charge in [0.1, 0.15) is 6.54 Å². The molecule has 0 aromatic carbocycles. The van der Waals surface area contributed by atoms with Gasteiger partial charge in [-0.15, -0.1) is 0 Å². The molecule has 0 aliphatic carbocycles. The maximum absolute atomic E-state index is 12.3. The van der Waals surface area contributed by atoms with Crippen LogP contribution in [0.1, 0.15) is 5.56 Å². The highest BCUT2D eigenvalue weighted by Crippen LogP contribution is 2.06. The van der Waals surface area contributed by atoms with Crippen molar-refractivity contribution < 1.29 is 18.3 Å². The molecular weight excluding hydrogens is 294 g/mol. The minimum atomic E-state index is -3.61.